The molecule has 0 saturated carbocycles. The Labute approximate surface area is 127 Å². The van der Waals surface area contributed by atoms with Crippen molar-refractivity contribution >= 4 is 0 Å². The summed E-state index contributed by atoms with van der Waals surface area (Å²) >= 11 is 0. The summed E-state index contributed by atoms with van der Waals surface area (Å²) in [6.07, 6.45) is 8.08. The molecular weight excluding hydrogens is 260 g/mol. The molecule has 21 heavy (non-hydrogen) atoms. The topological polar surface area (TPSA) is 42.7 Å². The molecular formula is C17H26N4. The van der Waals surface area contributed by atoms with E-state index in [0.717, 1.165) is 37.4 Å². The molecule has 0 spiro atoms. The van der Waals surface area contributed by atoms with Crippen LogP contribution in [0, 0.1) is 13.8 Å². The lowest BCUT2D eigenvalue weighted by Crippen LogP contribution is -2.28. The Morgan fingerprint density at radius 3 is 2.67 bits per heavy atom. The van der Waals surface area contributed by atoms with Gasteiger partial charge in [-0.15, -0.1) is 0 Å². The van der Waals surface area contributed by atoms with Crippen LogP contribution in [0.4, 0.5) is 0 Å². The summed E-state index contributed by atoms with van der Waals surface area (Å²) in [6.45, 7) is 10.5. The largest absolute Gasteiger partial charge is 0.333 e. The summed E-state index contributed by atoms with van der Waals surface area (Å²) in [5.74, 6) is 1.06. The van der Waals surface area contributed by atoms with Gasteiger partial charge in [0.05, 0.1) is 5.69 Å². The molecule has 0 bridgehead atoms. The second-order valence-electron chi connectivity index (χ2n) is 5.58. The van der Waals surface area contributed by atoms with Crippen LogP contribution in [0.5, 0.6) is 0 Å². The molecule has 4 heteroatoms. The second-order valence-corrected chi connectivity index (χ2v) is 5.58. The molecule has 114 valence electrons. The van der Waals surface area contributed by atoms with Crippen LogP contribution in [-0.4, -0.2) is 21.1 Å². The third-order valence-corrected chi connectivity index (χ3v) is 3.60. The van der Waals surface area contributed by atoms with Gasteiger partial charge in [0, 0.05) is 25.1 Å². The van der Waals surface area contributed by atoms with Crippen molar-refractivity contribution in [2.24, 2.45) is 0 Å². The minimum Gasteiger partial charge on any atom is -0.333 e. The van der Waals surface area contributed by atoms with Gasteiger partial charge in [-0.3, -0.25) is 4.98 Å². The van der Waals surface area contributed by atoms with E-state index in [2.05, 4.69) is 59.8 Å². The van der Waals surface area contributed by atoms with Gasteiger partial charge in [0.1, 0.15) is 11.9 Å². The first-order valence-corrected chi connectivity index (χ1v) is 7.84. The lowest BCUT2D eigenvalue weighted by Gasteiger charge is -2.21. The van der Waals surface area contributed by atoms with E-state index in [0.29, 0.717) is 0 Å². The Balaban J connectivity index is 2.39. The molecule has 0 aliphatic rings. The van der Waals surface area contributed by atoms with Gasteiger partial charge in [-0.2, -0.15) is 0 Å². The maximum Gasteiger partial charge on any atom is 0.132 e. The molecule has 2 heterocycles. The molecule has 4 nitrogen and oxygen atoms in total. The highest BCUT2D eigenvalue weighted by atomic mass is 15.1. The van der Waals surface area contributed by atoms with Gasteiger partial charge in [0.25, 0.3) is 0 Å². The fourth-order valence-electron chi connectivity index (χ4n) is 2.64. The molecule has 2 aromatic rings. The van der Waals surface area contributed by atoms with Crippen molar-refractivity contribution in [3.05, 3.63) is 47.3 Å². The normalized spacial score (nSPS) is 12.6. The summed E-state index contributed by atoms with van der Waals surface area (Å²) in [7, 11) is 0. The predicted molar refractivity (Wildman–Crippen MR) is 86.4 cm³/mol. The van der Waals surface area contributed by atoms with Crippen LogP contribution in [0.25, 0.3) is 0 Å². The molecule has 0 fully saturated rings. The minimum absolute atomic E-state index is 0.0621. The van der Waals surface area contributed by atoms with E-state index in [1.165, 1.54) is 11.1 Å². The van der Waals surface area contributed by atoms with Crippen LogP contribution in [-0.2, 0) is 6.54 Å². The SMILES string of the molecule is CCCNC(c1ncc(C)cc1C)c1nccn1CCC. The number of imidazole rings is 1. The zero-order valence-corrected chi connectivity index (χ0v) is 13.6. The Morgan fingerprint density at radius 2 is 2.00 bits per heavy atom. The van der Waals surface area contributed by atoms with Gasteiger partial charge >= 0.3 is 0 Å². The van der Waals surface area contributed by atoms with Crippen molar-refractivity contribution in [1.29, 1.82) is 0 Å². The average molecular weight is 286 g/mol. The monoisotopic (exact) mass is 286 g/mol. The lowest BCUT2D eigenvalue weighted by molar-refractivity contribution is 0.519. The fraction of sp³-hybridized carbons (Fsp3) is 0.529. The van der Waals surface area contributed by atoms with Crippen molar-refractivity contribution in [3.8, 4) is 0 Å². The van der Waals surface area contributed by atoms with Crippen LogP contribution in [0.3, 0.4) is 0 Å². The smallest absolute Gasteiger partial charge is 0.132 e. The summed E-state index contributed by atoms with van der Waals surface area (Å²) in [6, 6.07) is 2.25. The number of hydrogen-bond donors (Lipinski definition) is 1. The van der Waals surface area contributed by atoms with E-state index in [9.17, 15) is 0 Å². The maximum absolute atomic E-state index is 4.67. The van der Waals surface area contributed by atoms with Crippen molar-refractivity contribution in [2.45, 2.75) is 53.1 Å². The molecule has 0 radical (unpaired) electrons. The zero-order chi connectivity index (χ0) is 15.2. The first-order valence-electron chi connectivity index (χ1n) is 7.84. The van der Waals surface area contributed by atoms with E-state index in [4.69, 9.17) is 0 Å². The molecule has 1 N–H and O–H groups in total. The first-order chi connectivity index (χ1) is 10.2. The van der Waals surface area contributed by atoms with Gasteiger partial charge in [-0.1, -0.05) is 19.9 Å². The van der Waals surface area contributed by atoms with Gasteiger partial charge in [-0.25, -0.2) is 4.98 Å². The highest BCUT2D eigenvalue weighted by Crippen LogP contribution is 2.23. The molecule has 0 saturated heterocycles. The number of aryl methyl sites for hydroxylation is 3. The number of nitrogens with zero attached hydrogens (tertiary/aromatic N) is 3. The molecule has 1 atom stereocenters. The van der Waals surface area contributed by atoms with Gasteiger partial charge in [0.15, 0.2) is 0 Å². The van der Waals surface area contributed by atoms with Gasteiger partial charge < -0.3 is 9.88 Å². The number of nitrogens with one attached hydrogen (secondary N) is 1. The van der Waals surface area contributed by atoms with E-state index < -0.39 is 0 Å². The van der Waals surface area contributed by atoms with Gasteiger partial charge in [0.2, 0.25) is 0 Å². The summed E-state index contributed by atoms with van der Waals surface area (Å²) < 4.78 is 2.23. The number of rotatable bonds is 7. The van der Waals surface area contributed by atoms with Crippen molar-refractivity contribution < 1.29 is 0 Å². The third-order valence-electron chi connectivity index (χ3n) is 3.60. The minimum atomic E-state index is 0.0621. The van der Waals surface area contributed by atoms with Crippen molar-refractivity contribution in [1.82, 2.24) is 19.9 Å². The zero-order valence-electron chi connectivity index (χ0n) is 13.6. The molecule has 0 aliphatic heterocycles. The van der Waals surface area contributed by atoms with E-state index in [1.807, 2.05) is 12.4 Å². The second kappa shape index (κ2) is 7.36. The summed E-state index contributed by atoms with van der Waals surface area (Å²) in [5.41, 5.74) is 3.50. The maximum atomic E-state index is 4.67. The number of hydrogen-bond acceptors (Lipinski definition) is 3. The van der Waals surface area contributed by atoms with Crippen LogP contribution < -0.4 is 5.32 Å². The molecule has 0 aliphatic carbocycles. The molecule has 2 aromatic heterocycles. The Bertz CT molecular complexity index is 574. The van der Waals surface area contributed by atoms with Crippen LogP contribution >= 0.6 is 0 Å². The Kier molecular flexibility index (Phi) is 5.51. The lowest BCUT2D eigenvalue weighted by atomic mass is 10.1. The molecule has 2 rings (SSSR count). The quantitative estimate of drug-likeness (QED) is 0.848. The number of pyridine rings is 1. The average Bonchev–Trinajstić information content (AvgIpc) is 2.90. The van der Waals surface area contributed by atoms with Crippen LogP contribution in [0.15, 0.2) is 24.7 Å². The summed E-state index contributed by atoms with van der Waals surface area (Å²) in [4.78, 5) is 9.26. The Morgan fingerprint density at radius 1 is 1.19 bits per heavy atom. The standard InChI is InChI=1S/C17H26N4/c1-5-7-18-16(15-14(4)11-13(3)12-20-15)17-19-8-10-21(17)9-6-2/h8,10-12,16,18H,5-7,9H2,1-4H3. The van der Waals surface area contributed by atoms with E-state index in [1.54, 1.807) is 0 Å². The first kappa shape index (κ1) is 15.7. The Hall–Kier alpha value is -1.68. The fourth-order valence-corrected chi connectivity index (χ4v) is 2.64. The van der Waals surface area contributed by atoms with Gasteiger partial charge in [-0.05, 0) is 44.4 Å². The highest BCUT2D eigenvalue weighted by Gasteiger charge is 2.21. The van der Waals surface area contributed by atoms with Crippen LogP contribution in [0.2, 0.25) is 0 Å². The third kappa shape index (κ3) is 3.70. The van der Waals surface area contributed by atoms with Crippen molar-refractivity contribution in [2.75, 3.05) is 6.54 Å². The highest BCUT2D eigenvalue weighted by molar-refractivity contribution is 5.29. The molecule has 0 amide bonds. The van der Waals surface area contributed by atoms with Crippen molar-refractivity contribution in [3.63, 3.8) is 0 Å². The number of aromatic nitrogens is 3. The predicted octanol–water partition coefficient (Wildman–Crippen LogP) is 3.39. The van der Waals surface area contributed by atoms with E-state index >= 15 is 0 Å². The molecule has 1 unspecified atom stereocenters. The molecule has 0 aromatic carbocycles. The van der Waals surface area contributed by atoms with E-state index in [-0.39, 0.29) is 6.04 Å². The summed E-state index contributed by atoms with van der Waals surface area (Å²) in [5, 5.41) is 3.60. The van der Waals surface area contributed by atoms with Crippen LogP contribution in [0.1, 0.15) is 55.4 Å².